The van der Waals surface area contributed by atoms with Gasteiger partial charge in [-0.05, 0) is 55.0 Å². The smallest absolute Gasteiger partial charge is 0.344 e. The molecule has 1 N–H and O–H groups in total. The molecule has 0 spiro atoms. The van der Waals surface area contributed by atoms with Gasteiger partial charge in [0.25, 0.3) is 0 Å². The van der Waals surface area contributed by atoms with Crippen LogP contribution in [0.4, 0.5) is 0 Å². The Morgan fingerprint density at radius 2 is 1.50 bits per heavy atom. The molecule has 0 saturated carbocycles. The highest BCUT2D eigenvalue weighted by Gasteiger charge is 2.16. The van der Waals surface area contributed by atoms with Gasteiger partial charge in [0.2, 0.25) is 0 Å². The number of ether oxygens (including phenoxy) is 2. The average Bonchev–Trinajstić information content (AvgIpc) is 2.48. The van der Waals surface area contributed by atoms with Crippen molar-refractivity contribution in [2.45, 2.75) is 19.4 Å². The van der Waals surface area contributed by atoms with Crippen molar-refractivity contribution in [1.82, 2.24) is 0 Å². The lowest BCUT2D eigenvalue weighted by Crippen LogP contribution is -2.25. The lowest BCUT2D eigenvalue weighted by Gasteiger charge is -2.13. The number of rotatable bonds is 6. The molecule has 0 fully saturated rings. The Balaban J connectivity index is 0.00000242. The fraction of sp³-hybridized carbons (Fsp3) is 0.188. The van der Waals surface area contributed by atoms with E-state index in [0.717, 1.165) is 0 Å². The molecule has 0 aliphatic carbocycles. The molecular weight excluding hydrogens is 327 g/mol. The van der Waals surface area contributed by atoms with Crippen LogP contribution in [0.15, 0.2) is 48.5 Å². The van der Waals surface area contributed by atoms with Gasteiger partial charge in [-0.2, -0.15) is 0 Å². The van der Waals surface area contributed by atoms with Gasteiger partial charge in [-0.1, -0.05) is 18.5 Å². The van der Waals surface area contributed by atoms with Crippen molar-refractivity contribution in [2.75, 3.05) is 0 Å². The minimum Gasteiger partial charge on any atom is -0.479 e. The van der Waals surface area contributed by atoms with Crippen molar-refractivity contribution < 1.29 is 19.4 Å². The maximum absolute atomic E-state index is 10.9. The second-order valence-electron chi connectivity index (χ2n) is 4.38. The van der Waals surface area contributed by atoms with Crippen molar-refractivity contribution in [2.24, 2.45) is 0 Å². The Morgan fingerprint density at radius 3 is 1.95 bits per heavy atom. The highest BCUT2D eigenvalue weighted by atomic mass is 35.5. The fourth-order valence-corrected chi connectivity index (χ4v) is 1.82. The second-order valence-corrected chi connectivity index (χ2v) is 4.82. The van der Waals surface area contributed by atoms with Crippen LogP contribution in [0.1, 0.15) is 13.3 Å². The molecule has 0 saturated heterocycles. The number of benzene rings is 2. The second kappa shape index (κ2) is 8.51. The van der Waals surface area contributed by atoms with Gasteiger partial charge in [-0.15, -0.1) is 12.4 Å². The van der Waals surface area contributed by atoms with Crippen LogP contribution >= 0.6 is 24.0 Å². The first-order chi connectivity index (χ1) is 10.1. The Morgan fingerprint density at radius 1 is 1.05 bits per heavy atom. The molecule has 118 valence electrons. The Kier molecular flexibility index (Phi) is 7.02. The monoisotopic (exact) mass is 342 g/mol. The molecule has 2 aromatic rings. The van der Waals surface area contributed by atoms with Crippen LogP contribution in [-0.2, 0) is 4.79 Å². The Labute approximate surface area is 140 Å². The average molecular weight is 343 g/mol. The highest BCUT2D eigenvalue weighted by Crippen LogP contribution is 2.25. The van der Waals surface area contributed by atoms with Gasteiger partial charge in [0, 0.05) is 5.02 Å². The summed E-state index contributed by atoms with van der Waals surface area (Å²) in [5.41, 5.74) is 0. The van der Waals surface area contributed by atoms with Gasteiger partial charge in [0.15, 0.2) is 6.10 Å². The molecule has 4 nitrogen and oxygen atoms in total. The van der Waals surface area contributed by atoms with E-state index < -0.39 is 12.1 Å². The first-order valence-corrected chi connectivity index (χ1v) is 6.89. The number of carboxylic acid groups (broad SMARTS) is 1. The topological polar surface area (TPSA) is 55.8 Å². The van der Waals surface area contributed by atoms with Crippen LogP contribution in [0.5, 0.6) is 17.2 Å². The van der Waals surface area contributed by atoms with E-state index in [0.29, 0.717) is 28.7 Å². The summed E-state index contributed by atoms with van der Waals surface area (Å²) in [7, 11) is 0. The number of carbonyl (C=O) groups is 1. The van der Waals surface area contributed by atoms with Gasteiger partial charge >= 0.3 is 5.97 Å². The molecule has 1 atom stereocenters. The fourth-order valence-electron chi connectivity index (χ4n) is 1.70. The normalized spacial score (nSPS) is 11.2. The number of carboxylic acids is 1. The molecule has 1 unspecified atom stereocenters. The van der Waals surface area contributed by atoms with Crippen molar-refractivity contribution in [1.29, 1.82) is 0 Å². The minimum absolute atomic E-state index is 0. The molecule has 6 heteroatoms. The summed E-state index contributed by atoms with van der Waals surface area (Å²) in [5.74, 6) is 0.824. The van der Waals surface area contributed by atoms with Gasteiger partial charge in [0.05, 0.1) is 0 Å². The summed E-state index contributed by atoms with van der Waals surface area (Å²) in [4.78, 5) is 10.9. The maximum Gasteiger partial charge on any atom is 0.344 e. The van der Waals surface area contributed by atoms with E-state index in [9.17, 15) is 4.79 Å². The standard InChI is InChI=1S/C16H15ClO4.ClH/c1-2-15(16(18)19)21-14-9-7-13(8-10-14)20-12-5-3-11(17)4-6-12;/h3-10,15H,2H2,1H3,(H,18,19);1H. The van der Waals surface area contributed by atoms with E-state index in [2.05, 4.69) is 0 Å². The van der Waals surface area contributed by atoms with Crippen molar-refractivity contribution in [3.8, 4) is 17.2 Å². The third-order valence-corrected chi connectivity index (χ3v) is 3.05. The van der Waals surface area contributed by atoms with Gasteiger partial charge in [0.1, 0.15) is 17.2 Å². The number of halogens is 2. The van der Waals surface area contributed by atoms with Crippen LogP contribution in [-0.4, -0.2) is 17.2 Å². The van der Waals surface area contributed by atoms with E-state index in [1.54, 1.807) is 55.5 Å². The summed E-state index contributed by atoms with van der Waals surface area (Å²) in [6, 6.07) is 13.8. The first-order valence-electron chi connectivity index (χ1n) is 6.51. The van der Waals surface area contributed by atoms with Crippen LogP contribution in [0, 0.1) is 0 Å². The molecule has 0 amide bonds. The number of aliphatic carboxylic acids is 1. The predicted molar refractivity (Wildman–Crippen MR) is 87.6 cm³/mol. The molecule has 2 rings (SSSR count). The Hall–Kier alpha value is -1.91. The highest BCUT2D eigenvalue weighted by molar-refractivity contribution is 6.30. The van der Waals surface area contributed by atoms with Crippen molar-refractivity contribution >= 4 is 30.0 Å². The molecule has 0 heterocycles. The van der Waals surface area contributed by atoms with Gasteiger partial charge in [-0.25, -0.2) is 4.79 Å². The number of hydrogen-bond acceptors (Lipinski definition) is 3. The van der Waals surface area contributed by atoms with Crippen LogP contribution in [0.2, 0.25) is 5.02 Å². The molecule has 0 bridgehead atoms. The summed E-state index contributed by atoms with van der Waals surface area (Å²) in [5, 5.41) is 9.59. The molecule has 2 aromatic carbocycles. The lowest BCUT2D eigenvalue weighted by molar-refractivity contribution is -0.145. The third-order valence-electron chi connectivity index (χ3n) is 2.80. The van der Waals surface area contributed by atoms with E-state index in [-0.39, 0.29) is 12.4 Å². The summed E-state index contributed by atoms with van der Waals surface area (Å²) in [6.07, 6.45) is -0.439. The van der Waals surface area contributed by atoms with E-state index >= 15 is 0 Å². The SMILES string of the molecule is CCC(Oc1ccc(Oc2ccc(Cl)cc2)cc1)C(=O)O.Cl. The summed E-state index contributed by atoms with van der Waals surface area (Å²) in [6.45, 7) is 1.76. The molecule has 0 aliphatic heterocycles. The molecule has 0 aliphatic rings. The predicted octanol–water partition coefficient (Wildman–Crippen LogP) is 4.80. The largest absolute Gasteiger partial charge is 0.479 e. The molecule has 0 aromatic heterocycles. The maximum atomic E-state index is 10.9. The zero-order chi connectivity index (χ0) is 15.2. The van der Waals surface area contributed by atoms with Crippen molar-refractivity contribution in [3.05, 3.63) is 53.6 Å². The van der Waals surface area contributed by atoms with E-state index in [4.69, 9.17) is 26.2 Å². The number of hydrogen-bond donors (Lipinski definition) is 1. The third kappa shape index (κ3) is 5.13. The van der Waals surface area contributed by atoms with Gasteiger partial charge < -0.3 is 14.6 Å². The van der Waals surface area contributed by atoms with Crippen LogP contribution < -0.4 is 9.47 Å². The van der Waals surface area contributed by atoms with Crippen molar-refractivity contribution in [3.63, 3.8) is 0 Å². The summed E-state index contributed by atoms with van der Waals surface area (Å²) < 4.78 is 11.0. The van der Waals surface area contributed by atoms with E-state index in [1.165, 1.54) is 0 Å². The molecule has 22 heavy (non-hydrogen) atoms. The van der Waals surface area contributed by atoms with Crippen LogP contribution in [0.3, 0.4) is 0 Å². The molecular formula is C16H16Cl2O4. The first kappa shape index (κ1) is 18.1. The van der Waals surface area contributed by atoms with Gasteiger partial charge in [-0.3, -0.25) is 0 Å². The molecule has 0 radical (unpaired) electrons. The summed E-state index contributed by atoms with van der Waals surface area (Å²) >= 11 is 5.80. The zero-order valence-corrected chi connectivity index (χ0v) is 13.4. The Bertz CT molecular complexity index is 597. The zero-order valence-electron chi connectivity index (χ0n) is 11.9. The van der Waals surface area contributed by atoms with Crippen LogP contribution in [0.25, 0.3) is 0 Å². The lowest BCUT2D eigenvalue weighted by atomic mass is 10.2. The quantitative estimate of drug-likeness (QED) is 0.819. The van der Waals surface area contributed by atoms with E-state index in [1.807, 2.05) is 0 Å². The minimum atomic E-state index is -0.973.